The van der Waals surface area contributed by atoms with Gasteiger partial charge in [0.1, 0.15) is 0 Å². The maximum Gasteiger partial charge on any atom is 3.00 e. The fourth-order valence-corrected chi connectivity index (χ4v) is 9.25. The van der Waals surface area contributed by atoms with Crippen LogP contribution in [0.25, 0.3) is 0 Å². The minimum Gasteiger partial charge on any atom is -1.00 e. The van der Waals surface area contributed by atoms with E-state index in [4.69, 9.17) is 0 Å². The second-order valence-electron chi connectivity index (χ2n) is 22.3. The van der Waals surface area contributed by atoms with Crippen molar-refractivity contribution in [3.8, 4) is 0 Å². The second kappa shape index (κ2) is 46.9. The van der Waals surface area contributed by atoms with Crippen molar-refractivity contribution >= 4 is 54.2 Å². The van der Waals surface area contributed by atoms with Gasteiger partial charge in [-0.3, -0.25) is 56.9 Å². The van der Waals surface area contributed by atoms with Crippen LogP contribution in [0.4, 0.5) is 14.4 Å². The molecule has 85 heavy (non-hydrogen) atoms. The topological polar surface area (TPSA) is 247 Å². The van der Waals surface area contributed by atoms with E-state index in [1.54, 1.807) is 86.3 Å². The summed E-state index contributed by atoms with van der Waals surface area (Å²) in [5, 5.41) is 65.9. The van der Waals surface area contributed by atoms with Crippen LogP contribution in [0.2, 0.25) is 0 Å². The van der Waals surface area contributed by atoms with Crippen molar-refractivity contribution in [3.05, 3.63) is 0 Å². The molecule has 0 aromatic carbocycles. The van der Waals surface area contributed by atoms with E-state index in [-0.39, 0.29) is 162 Å². The first-order chi connectivity index (χ1) is 37.9. The van der Waals surface area contributed by atoms with Gasteiger partial charge in [0.2, 0.25) is 36.1 Å². The van der Waals surface area contributed by atoms with Gasteiger partial charge in [-0.05, 0) is 19.3 Å². The summed E-state index contributed by atoms with van der Waals surface area (Å²) >= 11 is 0. The first-order valence-electron chi connectivity index (χ1n) is 28.6. The summed E-state index contributed by atoms with van der Waals surface area (Å²) in [6.45, 7) is 16.3. The molecular weight excluding hydrogens is 1560 g/mol. The van der Waals surface area contributed by atoms with Gasteiger partial charge >= 0.3 is 53.7 Å². The minimum atomic E-state index is 0. The maximum absolute atomic E-state index is 11.0. The molecule has 9 aliphatic rings. The third kappa shape index (κ3) is 33.3. The van der Waals surface area contributed by atoms with Gasteiger partial charge in [0.15, 0.2) is 0 Å². The van der Waals surface area contributed by atoms with Gasteiger partial charge in [-0.2, -0.15) is 0 Å². The van der Waals surface area contributed by atoms with Crippen LogP contribution in [0.1, 0.15) is 57.8 Å². The molecule has 9 aliphatic heterocycles. The summed E-state index contributed by atoms with van der Waals surface area (Å²) < 4.78 is 10.4. The Kier molecular flexibility index (Phi) is 48.7. The molecule has 0 unspecified atom stereocenters. The third-order valence-electron chi connectivity index (χ3n) is 14.8. The number of halogens is 3. The number of hydrogen-bond donors (Lipinski definition) is 0. The van der Waals surface area contributed by atoms with Crippen LogP contribution in [-0.2, 0) is 0 Å². The van der Waals surface area contributed by atoms with E-state index in [1.807, 2.05) is 127 Å². The molecule has 0 radical (unpaired) electrons. The van der Waals surface area contributed by atoms with Gasteiger partial charge in [0.05, 0.1) is 163 Å². The van der Waals surface area contributed by atoms with E-state index < -0.39 is 0 Å². The van der Waals surface area contributed by atoms with E-state index >= 15 is 0 Å². The molecule has 6 amide bonds. The van der Waals surface area contributed by atoms with Gasteiger partial charge in [0.25, 0.3) is 0 Å². The second-order valence-corrected chi connectivity index (χ2v) is 22.3. The number of rotatable bonds is 0. The van der Waals surface area contributed by atoms with Crippen LogP contribution in [0.3, 0.4) is 0 Å². The average Bonchev–Trinajstić information content (AvgIpc) is 3.42. The molecule has 27 nitrogen and oxygen atoms in total. The van der Waals surface area contributed by atoms with E-state index in [2.05, 4.69) is 0 Å². The molecule has 0 bridgehead atoms. The Morgan fingerprint density at radius 1 is 0.235 bits per heavy atom. The summed E-state index contributed by atoms with van der Waals surface area (Å²) in [4.78, 5) is 53.8. The fraction of sp³-hybridized carbons (Fsp3) is 0.833. The predicted molar refractivity (Wildman–Crippen MR) is 306 cm³/mol. The molecule has 492 valence electrons. The molecule has 0 aromatic rings. The van der Waals surface area contributed by atoms with Crippen molar-refractivity contribution < 1.29 is 180 Å². The average molecular weight is 1670 g/mol. The van der Waals surface area contributed by atoms with Gasteiger partial charge in [-0.15, -0.1) is 0 Å². The number of hydrogen-bond acceptors (Lipinski definition) is 15. The molecule has 9 heterocycles. The van der Waals surface area contributed by atoms with Crippen molar-refractivity contribution in [2.24, 2.45) is 0 Å². The van der Waals surface area contributed by atoms with Crippen LogP contribution in [0.5, 0.6) is 0 Å². The largest absolute Gasteiger partial charge is 3.00 e. The Hall–Kier alpha value is -3.19. The number of urea groups is 3. The zero-order valence-electron chi connectivity index (χ0n) is 55.0. The molecule has 0 aliphatic carbocycles. The number of amides is 6. The quantitative estimate of drug-likeness (QED) is 0.162. The Bertz CT molecular complexity index is 1810. The van der Waals surface area contributed by atoms with Crippen LogP contribution in [0, 0.1) is 35.6 Å². The maximum atomic E-state index is 11.0. The van der Waals surface area contributed by atoms with E-state index in [1.165, 1.54) is 0 Å². The summed E-state index contributed by atoms with van der Waals surface area (Å²) in [7, 11) is 33.0. The first kappa shape index (κ1) is 88.2. The van der Waals surface area contributed by atoms with Crippen LogP contribution < -0.4 is 103 Å². The van der Waals surface area contributed by atoms with E-state index in [0.717, 1.165) is 176 Å². The number of amidine groups is 6. The van der Waals surface area contributed by atoms with E-state index in [9.17, 15) is 45.0 Å². The molecular formula is C54H108I3LaN18O9. The first-order valence-corrected chi connectivity index (χ1v) is 28.6. The van der Waals surface area contributed by atoms with Crippen molar-refractivity contribution in [2.45, 2.75) is 57.8 Å². The standard InChI is InChI=1S/9C6H12N2O.3HI.La/c9*1-7-4-3-5-8(2)6(7)9;;;;/h9*3-5H2,1-2H3;3*1H;/q;;;;;;;;;;;;+3/p-3. The normalized spacial score (nSPS) is 19.9. The molecule has 0 N–H and O–H groups in total. The Morgan fingerprint density at radius 2 is 0.341 bits per heavy atom. The molecule has 0 atom stereocenters. The minimum absolute atomic E-state index is 0. The summed E-state index contributed by atoms with van der Waals surface area (Å²) in [5.74, 6) is 0. The van der Waals surface area contributed by atoms with Crippen LogP contribution in [-0.4, -0.2) is 385 Å². The Morgan fingerprint density at radius 3 is 0.424 bits per heavy atom. The zero-order chi connectivity index (χ0) is 61.7. The summed E-state index contributed by atoms with van der Waals surface area (Å²) in [6.07, 6.45) is 9.86. The number of carbonyl (C=O) groups is 3. The van der Waals surface area contributed by atoms with Crippen LogP contribution >= 0.6 is 0 Å². The monoisotopic (exact) mass is 1670 g/mol. The van der Waals surface area contributed by atoms with Gasteiger partial charge in [-0.25, -0.2) is 14.4 Å². The molecule has 0 spiro atoms. The smallest absolute Gasteiger partial charge is 1.00 e. The predicted octanol–water partition coefficient (Wildman–Crippen LogP) is -15.8. The Labute approximate surface area is 590 Å². The summed E-state index contributed by atoms with van der Waals surface area (Å²) in [6, 6.07) is 1.26. The molecule has 9 rings (SSSR count). The number of nitrogens with zero attached hydrogens (tertiary/aromatic N) is 18. The van der Waals surface area contributed by atoms with E-state index in [0.29, 0.717) is 0 Å². The van der Waals surface area contributed by atoms with Gasteiger partial charge in [-0.1, -0.05) is 0 Å². The molecule has 31 heteroatoms. The summed E-state index contributed by atoms with van der Waals surface area (Å²) in [5.41, 5.74) is 0. The molecule has 0 aromatic heterocycles. The van der Waals surface area contributed by atoms with Crippen molar-refractivity contribution in [3.63, 3.8) is 0 Å². The Balaban J connectivity index is -0.000000432. The van der Waals surface area contributed by atoms with Crippen molar-refractivity contribution in [1.82, 2.24) is 58.8 Å². The third-order valence-corrected chi connectivity index (χ3v) is 14.8. The zero-order valence-corrected chi connectivity index (χ0v) is 65.1. The number of carbonyl (C=O) groups excluding carboxylic acids is 3. The van der Waals surface area contributed by atoms with Gasteiger partial charge in [0, 0.05) is 120 Å². The van der Waals surface area contributed by atoms with Gasteiger partial charge < -0.3 is 132 Å². The SMILES string of the molecule is CN1CCCN(C)C1=O.CN1CCCN(C)C1=O.CN1CCCN(C)C1=O.CN1CCC[N+](C)=C1[O-].CN1CCC[N+](C)=C1[O-].CN1CCC[N+](C)=C1[O-].CN1CCC[N+](C)=C1[O-].CN1CCC[N+](C)=C1[O-].CN1CCC[N+](C)=C1[O-].[I-].[I-].[I-].[La+3]. The fourth-order valence-electron chi connectivity index (χ4n) is 9.25. The van der Waals surface area contributed by atoms with Crippen LogP contribution in [0.15, 0.2) is 0 Å². The molecule has 0 saturated carbocycles. The molecule has 3 saturated heterocycles. The molecule has 3 fully saturated rings. The van der Waals surface area contributed by atoms with Crippen molar-refractivity contribution in [2.75, 3.05) is 245 Å². The van der Waals surface area contributed by atoms with Crippen molar-refractivity contribution in [1.29, 1.82) is 0 Å².